The van der Waals surface area contributed by atoms with Crippen molar-refractivity contribution in [2.75, 3.05) is 26.1 Å². The second-order valence-electron chi connectivity index (χ2n) is 8.16. The van der Waals surface area contributed by atoms with E-state index in [1.54, 1.807) is 50.2 Å². The van der Waals surface area contributed by atoms with Crippen LogP contribution in [0, 0.1) is 0 Å². The Kier molecular flexibility index (Phi) is 7.97. The Morgan fingerprint density at radius 1 is 0.921 bits per heavy atom. The molecule has 4 aromatic rings. The standard InChI is InChI=1S/C24H26ClN7O5S/c1-14(22-26-12-16(25)13-27-22)15(2)38(33,34)31-24-30-29-23(17-8-6-11-20(28-17)37-5)32(24)21-18(35-3)9-7-10-19(21)36-4/h6-15H,1-5H3,(H,30,31). The molecule has 4 rings (SSSR count). The molecule has 2 atom stereocenters. The van der Waals surface area contributed by atoms with Gasteiger partial charge in [-0.15, -0.1) is 10.2 Å². The highest BCUT2D eigenvalue weighted by atomic mass is 35.5. The van der Waals surface area contributed by atoms with Crippen molar-refractivity contribution in [2.45, 2.75) is 25.0 Å². The number of ether oxygens (including phenoxy) is 3. The third-order valence-electron chi connectivity index (χ3n) is 5.92. The van der Waals surface area contributed by atoms with E-state index in [9.17, 15) is 8.42 Å². The van der Waals surface area contributed by atoms with Gasteiger partial charge in [0.15, 0.2) is 5.82 Å². The van der Waals surface area contributed by atoms with Crippen molar-refractivity contribution in [3.63, 3.8) is 0 Å². The zero-order chi connectivity index (χ0) is 27.4. The Balaban J connectivity index is 1.84. The number of hydrogen-bond acceptors (Lipinski definition) is 10. The van der Waals surface area contributed by atoms with E-state index >= 15 is 0 Å². The van der Waals surface area contributed by atoms with Crippen molar-refractivity contribution < 1.29 is 22.6 Å². The van der Waals surface area contributed by atoms with Crippen LogP contribution in [-0.4, -0.2) is 64.7 Å². The fourth-order valence-electron chi connectivity index (χ4n) is 3.69. The van der Waals surface area contributed by atoms with E-state index in [-0.39, 0.29) is 11.8 Å². The summed E-state index contributed by atoms with van der Waals surface area (Å²) in [6.45, 7) is 3.27. The first kappa shape index (κ1) is 27.1. The first-order chi connectivity index (χ1) is 18.2. The van der Waals surface area contributed by atoms with Gasteiger partial charge in [-0.25, -0.2) is 23.4 Å². The molecule has 0 radical (unpaired) electrons. The van der Waals surface area contributed by atoms with Crippen molar-refractivity contribution in [1.82, 2.24) is 29.7 Å². The van der Waals surface area contributed by atoms with E-state index in [2.05, 4.69) is 29.9 Å². The number of pyridine rings is 1. The number of rotatable bonds is 10. The van der Waals surface area contributed by atoms with Gasteiger partial charge in [-0.3, -0.25) is 9.29 Å². The monoisotopic (exact) mass is 559 g/mol. The number of nitrogens with zero attached hydrogens (tertiary/aromatic N) is 6. The summed E-state index contributed by atoms with van der Waals surface area (Å²) < 4.78 is 47.6. The van der Waals surface area contributed by atoms with Crippen molar-refractivity contribution in [3.8, 4) is 34.6 Å². The minimum atomic E-state index is -4.04. The third-order valence-corrected chi connectivity index (χ3v) is 7.97. The quantitative estimate of drug-likeness (QED) is 0.305. The Hall–Kier alpha value is -3.97. The second-order valence-corrected chi connectivity index (χ2v) is 10.6. The third kappa shape index (κ3) is 5.34. The summed E-state index contributed by atoms with van der Waals surface area (Å²) in [6.07, 6.45) is 2.84. The van der Waals surface area contributed by atoms with E-state index in [0.717, 1.165) is 0 Å². The van der Waals surface area contributed by atoms with Gasteiger partial charge in [0, 0.05) is 24.4 Å². The van der Waals surface area contributed by atoms with Crippen LogP contribution < -0.4 is 18.9 Å². The van der Waals surface area contributed by atoms with Crippen LogP contribution in [0.1, 0.15) is 25.6 Å². The lowest BCUT2D eigenvalue weighted by Gasteiger charge is -2.21. The highest BCUT2D eigenvalue weighted by molar-refractivity contribution is 7.93. The van der Waals surface area contributed by atoms with Crippen LogP contribution in [-0.2, 0) is 10.0 Å². The smallest absolute Gasteiger partial charge is 0.243 e. The van der Waals surface area contributed by atoms with Crippen LogP contribution >= 0.6 is 11.6 Å². The number of anilines is 1. The lowest BCUT2D eigenvalue weighted by molar-refractivity contribution is 0.391. The highest BCUT2D eigenvalue weighted by Gasteiger charge is 2.32. The number of para-hydroxylation sites is 1. The maximum Gasteiger partial charge on any atom is 0.243 e. The summed E-state index contributed by atoms with van der Waals surface area (Å²) in [5.74, 6) is 1.03. The summed E-state index contributed by atoms with van der Waals surface area (Å²) in [5, 5.41) is 7.83. The Morgan fingerprint density at radius 2 is 1.55 bits per heavy atom. The average Bonchev–Trinajstić information content (AvgIpc) is 3.34. The van der Waals surface area contributed by atoms with Crippen LogP contribution in [0.25, 0.3) is 17.2 Å². The van der Waals surface area contributed by atoms with Gasteiger partial charge in [-0.2, -0.15) is 0 Å². The molecule has 0 aliphatic carbocycles. The molecule has 0 aliphatic heterocycles. The normalized spacial score (nSPS) is 13.0. The molecule has 1 aromatic carbocycles. The van der Waals surface area contributed by atoms with Gasteiger partial charge < -0.3 is 14.2 Å². The highest BCUT2D eigenvalue weighted by Crippen LogP contribution is 2.38. The molecule has 0 amide bonds. The molecule has 0 saturated heterocycles. The Morgan fingerprint density at radius 3 is 2.16 bits per heavy atom. The van der Waals surface area contributed by atoms with Crippen molar-refractivity contribution in [2.24, 2.45) is 0 Å². The van der Waals surface area contributed by atoms with Gasteiger partial charge in [-0.1, -0.05) is 30.7 Å². The molecular weight excluding hydrogens is 534 g/mol. The predicted octanol–water partition coefficient (Wildman–Crippen LogP) is 3.73. The van der Waals surface area contributed by atoms with E-state index in [1.165, 1.54) is 38.3 Å². The summed E-state index contributed by atoms with van der Waals surface area (Å²) in [5.41, 5.74) is 0.757. The van der Waals surface area contributed by atoms with Crippen molar-refractivity contribution in [3.05, 3.63) is 59.6 Å². The van der Waals surface area contributed by atoms with E-state index in [4.69, 9.17) is 25.8 Å². The lowest BCUT2D eigenvalue weighted by Crippen LogP contribution is -2.31. The number of hydrogen-bond donors (Lipinski definition) is 1. The van der Waals surface area contributed by atoms with Gasteiger partial charge in [-0.05, 0) is 25.1 Å². The van der Waals surface area contributed by atoms with E-state index < -0.39 is 21.2 Å². The number of halogens is 1. The molecule has 14 heteroatoms. The Labute approximate surface area is 225 Å². The molecule has 0 spiro atoms. The summed E-state index contributed by atoms with van der Waals surface area (Å²) in [4.78, 5) is 12.8. The molecule has 1 N–H and O–H groups in total. The molecule has 12 nitrogen and oxygen atoms in total. The van der Waals surface area contributed by atoms with Crippen molar-refractivity contribution >= 4 is 27.6 Å². The molecule has 0 bridgehead atoms. The van der Waals surface area contributed by atoms with Crippen LogP contribution in [0.15, 0.2) is 48.8 Å². The van der Waals surface area contributed by atoms with Gasteiger partial charge in [0.25, 0.3) is 0 Å². The zero-order valence-electron chi connectivity index (χ0n) is 21.3. The van der Waals surface area contributed by atoms with Crippen LogP contribution in [0.5, 0.6) is 17.4 Å². The van der Waals surface area contributed by atoms with Gasteiger partial charge in [0.2, 0.25) is 21.9 Å². The van der Waals surface area contributed by atoms with Crippen LogP contribution in [0.3, 0.4) is 0 Å². The SMILES string of the molecule is COc1cccc(-c2nnc(NS(=O)(=O)C(C)C(C)c3ncc(Cl)cn3)n2-c2c(OC)cccc2OC)n1. The summed E-state index contributed by atoms with van der Waals surface area (Å²) in [6, 6.07) is 10.3. The summed E-state index contributed by atoms with van der Waals surface area (Å²) >= 11 is 5.88. The van der Waals surface area contributed by atoms with Gasteiger partial charge in [0.05, 0.1) is 31.6 Å². The molecule has 3 aromatic heterocycles. The molecule has 3 heterocycles. The topological polar surface area (TPSA) is 143 Å². The summed E-state index contributed by atoms with van der Waals surface area (Å²) in [7, 11) is 0.441. The van der Waals surface area contributed by atoms with Crippen LogP contribution in [0.2, 0.25) is 5.02 Å². The minimum absolute atomic E-state index is 0.0940. The second kappa shape index (κ2) is 11.2. The molecule has 2 unspecified atom stereocenters. The molecule has 38 heavy (non-hydrogen) atoms. The molecule has 0 fully saturated rings. The molecule has 0 saturated carbocycles. The molecule has 200 valence electrons. The van der Waals surface area contributed by atoms with E-state index in [1.807, 2.05) is 0 Å². The van der Waals surface area contributed by atoms with E-state index in [0.29, 0.717) is 39.6 Å². The minimum Gasteiger partial charge on any atom is -0.494 e. The van der Waals surface area contributed by atoms with Crippen molar-refractivity contribution in [1.29, 1.82) is 0 Å². The fourth-order valence-corrected chi connectivity index (χ4v) is 5.02. The number of methoxy groups -OCH3 is 3. The number of nitrogens with one attached hydrogen (secondary N) is 1. The maximum absolute atomic E-state index is 13.5. The Bertz CT molecular complexity index is 1510. The maximum atomic E-state index is 13.5. The predicted molar refractivity (Wildman–Crippen MR) is 142 cm³/mol. The van der Waals surface area contributed by atoms with Gasteiger partial charge >= 0.3 is 0 Å². The fraction of sp³-hybridized carbons (Fsp3) is 0.292. The number of benzene rings is 1. The lowest BCUT2D eigenvalue weighted by atomic mass is 10.1. The van der Waals surface area contributed by atoms with Crippen LogP contribution in [0.4, 0.5) is 5.95 Å². The number of sulfonamides is 1. The molecular formula is C24H26ClN7O5S. The largest absolute Gasteiger partial charge is 0.494 e. The first-order valence-electron chi connectivity index (χ1n) is 11.4. The number of aromatic nitrogens is 6. The zero-order valence-corrected chi connectivity index (χ0v) is 22.9. The van der Waals surface area contributed by atoms with Gasteiger partial charge in [0.1, 0.15) is 28.7 Å². The first-order valence-corrected chi connectivity index (χ1v) is 13.3. The molecule has 0 aliphatic rings. The average molecular weight is 560 g/mol.